The second-order valence-corrected chi connectivity index (χ2v) is 6.89. The molecule has 2 amide bonds. The van der Waals surface area contributed by atoms with Gasteiger partial charge in [-0.15, -0.1) is 0 Å². The minimum absolute atomic E-state index is 0.0996. The van der Waals surface area contributed by atoms with Crippen molar-refractivity contribution in [3.63, 3.8) is 0 Å². The van der Waals surface area contributed by atoms with Crippen LogP contribution in [-0.2, 0) is 4.79 Å². The maximum absolute atomic E-state index is 12.5. The Morgan fingerprint density at radius 3 is 2.35 bits per heavy atom. The maximum Gasteiger partial charge on any atom is 0.320 e. The topological polar surface area (TPSA) is 60.9 Å². The standard InChI is InChI=1S/C14H24N2O3S/c1-2-14(12(17)18)4-7-16(8-5-14)13(19)15-6-3-10-20-11-9-15/h2-11H2,1H3,(H,17,18). The largest absolute Gasteiger partial charge is 0.481 e. The summed E-state index contributed by atoms with van der Waals surface area (Å²) < 4.78 is 0. The van der Waals surface area contributed by atoms with E-state index in [4.69, 9.17) is 0 Å². The van der Waals surface area contributed by atoms with Gasteiger partial charge in [0.15, 0.2) is 0 Å². The highest BCUT2D eigenvalue weighted by Gasteiger charge is 2.41. The molecule has 5 nitrogen and oxygen atoms in total. The van der Waals surface area contributed by atoms with Gasteiger partial charge in [0.1, 0.15) is 0 Å². The number of likely N-dealkylation sites (tertiary alicyclic amines) is 1. The maximum atomic E-state index is 12.5. The lowest BCUT2D eigenvalue weighted by molar-refractivity contribution is -0.152. The Kier molecular flexibility index (Phi) is 5.18. The Bertz CT molecular complexity index is 359. The molecule has 0 saturated carbocycles. The van der Waals surface area contributed by atoms with Crippen LogP contribution in [0, 0.1) is 5.41 Å². The van der Waals surface area contributed by atoms with Crippen LogP contribution in [0.15, 0.2) is 0 Å². The molecule has 0 atom stereocenters. The zero-order valence-corrected chi connectivity index (χ0v) is 13.0. The van der Waals surface area contributed by atoms with Gasteiger partial charge < -0.3 is 14.9 Å². The molecular formula is C14H24N2O3S. The third-order valence-electron chi connectivity index (χ3n) is 4.61. The lowest BCUT2D eigenvalue weighted by Gasteiger charge is -2.40. The molecule has 0 bridgehead atoms. The number of hydrogen-bond donors (Lipinski definition) is 1. The molecule has 0 unspecified atom stereocenters. The van der Waals surface area contributed by atoms with Gasteiger partial charge in [0.2, 0.25) is 0 Å². The van der Waals surface area contributed by atoms with Crippen molar-refractivity contribution in [2.75, 3.05) is 37.7 Å². The minimum atomic E-state index is -0.710. The molecule has 0 spiro atoms. The van der Waals surface area contributed by atoms with Crippen molar-refractivity contribution in [2.45, 2.75) is 32.6 Å². The van der Waals surface area contributed by atoms with Crippen molar-refractivity contribution in [3.05, 3.63) is 0 Å². The molecule has 0 radical (unpaired) electrons. The van der Waals surface area contributed by atoms with Gasteiger partial charge in [0.25, 0.3) is 0 Å². The van der Waals surface area contributed by atoms with Gasteiger partial charge in [-0.05, 0) is 31.4 Å². The lowest BCUT2D eigenvalue weighted by atomic mass is 9.76. The third-order valence-corrected chi connectivity index (χ3v) is 5.66. The number of aliphatic carboxylic acids is 1. The second kappa shape index (κ2) is 6.70. The Morgan fingerprint density at radius 2 is 1.75 bits per heavy atom. The highest BCUT2D eigenvalue weighted by atomic mass is 32.2. The van der Waals surface area contributed by atoms with Crippen LogP contribution in [0.2, 0.25) is 0 Å². The number of carboxylic acids is 1. The van der Waals surface area contributed by atoms with Gasteiger partial charge >= 0.3 is 12.0 Å². The molecule has 2 fully saturated rings. The number of hydrogen-bond acceptors (Lipinski definition) is 3. The molecule has 0 aromatic carbocycles. The van der Waals surface area contributed by atoms with Crippen LogP contribution >= 0.6 is 11.8 Å². The van der Waals surface area contributed by atoms with E-state index in [0.717, 1.165) is 31.0 Å². The van der Waals surface area contributed by atoms with E-state index in [-0.39, 0.29) is 6.03 Å². The van der Waals surface area contributed by atoms with Crippen LogP contribution in [0.4, 0.5) is 4.79 Å². The fourth-order valence-electron chi connectivity index (χ4n) is 2.98. The first-order valence-electron chi connectivity index (χ1n) is 7.44. The van der Waals surface area contributed by atoms with E-state index < -0.39 is 11.4 Å². The molecule has 114 valence electrons. The summed E-state index contributed by atoms with van der Waals surface area (Å²) in [6.45, 7) is 4.72. The van der Waals surface area contributed by atoms with Crippen molar-refractivity contribution < 1.29 is 14.7 Å². The second-order valence-electron chi connectivity index (χ2n) is 5.66. The van der Waals surface area contributed by atoms with Gasteiger partial charge in [0, 0.05) is 31.9 Å². The van der Waals surface area contributed by atoms with Gasteiger partial charge in [-0.3, -0.25) is 4.79 Å². The van der Waals surface area contributed by atoms with Crippen LogP contribution in [-0.4, -0.2) is 64.6 Å². The molecule has 2 saturated heterocycles. The Morgan fingerprint density at radius 1 is 1.10 bits per heavy atom. The summed E-state index contributed by atoms with van der Waals surface area (Å²) in [7, 11) is 0. The number of thioether (sulfide) groups is 1. The van der Waals surface area contributed by atoms with E-state index in [0.29, 0.717) is 32.4 Å². The summed E-state index contributed by atoms with van der Waals surface area (Å²) in [5.74, 6) is 1.42. The van der Waals surface area contributed by atoms with E-state index in [9.17, 15) is 14.7 Å². The Labute approximate surface area is 124 Å². The predicted octanol–water partition coefficient (Wildman–Crippen LogP) is 2.12. The van der Waals surface area contributed by atoms with E-state index in [1.54, 1.807) is 0 Å². The predicted molar refractivity (Wildman–Crippen MR) is 80.1 cm³/mol. The third kappa shape index (κ3) is 3.22. The first-order chi connectivity index (χ1) is 9.59. The lowest BCUT2D eigenvalue weighted by Crippen LogP contribution is -2.51. The Balaban J connectivity index is 1.92. The quantitative estimate of drug-likeness (QED) is 0.848. The zero-order chi connectivity index (χ0) is 14.6. The molecule has 0 aromatic heterocycles. The Hall–Kier alpha value is -0.910. The number of carbonyl (C=O) groups excluding carboxylic acids is 1. The van der Waals surface area contributed by atoms with Crippen LogP contribution < -0.4 is 0 Å². The molecule has 0 aromatic rings. The summed E-state index contributed by atoms with van der Waals surface area (Å²) in [6.07, 6.45) is 2.85. The molecule has 2 heterocycles. The number of amides is 2. The number of rotatable bonds is 2. The van der Waals surface area contributed by atoms with Crippen LogP contribution in [0.3, 0.4) is 0 Å². The first-order valence-corrected chi connectivity index (χ1v) is 8.59. The molecular weight excluding hydrogens is 276 g/mol. The van der Waals surface area contributed by atoms with Gasteiger partial charge in [-0.25, -0.2) is 4.79 Å². The normalized spacial score (nSPS) is 23.2. The fraction of sp³-hybridized carbons (Fsp3) is 0.857. The zero-order valence-electron chi connectivity index (χ0n) is 12.1. The summed E-state index contributed by atoms with van der Waals surface area (Å²) in [5, 5.41) is 9.38. The average Bonchev–Trinajstić information content (AvgIpc) is 2.75. The summed E-state index contributed by atoms with van der Waals surface area (Å²) >= 11 is 1.90. The highest BCUT2D eigenvalue weighted by molar-refractivity contribution is 7.99. The number of carbonyl (C=O) groups is 2. The number of urea groups is 1. The SMILES string of the molecule is CCC1(C(=O)O)CCN(C(=O)N2CCCSCC2)CC1. The average molecular weight is 300 g/mol. The smallest absolute Gasteiger partial charge is 0.320 e. The molecule has 2 aliphatic rings. The molecule has 20 heavy (non-hydrogen) atoms. The summed E-state index contributed by atoms with van der Waals surface area (Å²) in [4.78, 5) is 27.7. The highest BCUT2D eigenvalue weighted by Crippen LogP contribution is 2.35. The van der Waals surface area contributed by atoms with Crippen LogP contribution in [0.1, 0.15) is 32.6 Å². The first kappa shape index (κ1) is 15.5. The van der Waals surface area contributed by atoms with Crippen LogP contribution in [0.5, 0.6) is 0 Å². The van der Waals surface area contributed by atoms with Crippen molar-refractivity contribution in [3.8, 4) is 0 Å². The number of piperidine rings is 1. The van der Waals surface area contributed by atoms with E-state index in [2.05, 4.69) is 0 Å². The van der Waals surface area contributed by atoms with Crippen molar-refractivity contribution in [1.82, 2.24) is 9.80 Å². The monoisotopic (exact) mass is 300 g/mol. The number of nitrogens with zero attached hydrogens (tertiary/aromatic N) is 2. The molecule has 6 heteroatoms. The van der Waals surface area contributed by atoms with E-state index >= 15 is 0 Å². The molecule has 2 rings (SSSR count). The van der Waals surface area contributed by atoms with Crippen molar-refractivity contribution in [1.29, 1.82) is 0 Å². The van der Waals surface area contributed by atoms with Gasteiger partial charge in [-0.2, -0.15) is 11.8 Å². The minimum Gasteiger partial charge on any atom is -0.481 e. The molecule has 1 N–H and O–H groups in total. The molecule has 2 aliphatic heterocycles. The molecule has 0 aliphatic carbocycles. The van der Waals surface area contributed by atoms with Gasteiger partial charge in [0.05, 0.1) is 5.41 Å². The fourth-order valence-corrected chi connectivity index (χ4v) is 3.87. The van der Waals surface area contributed by atoms with Gasteiger partial charge in [-0.1, -0.05) is 6.92 Å². The summed E-state index contributed by atoms with van der Waals surface area (Å²) in [5.41, 5.74) is -0.620. The van der Waals surface area contributed by atoms with Crippen molar-refractivity contribution >= 4 is 23.8 Å². The number of carboxylic acid groups (broad SMARTS) is 1. The van der Waals surface area contributed by atoms with Crippen LogP contribution in [0.25, 0.3) is 0 Å². The van der Waals surface area contributed by atoms with E-state index in [1.165, 1.54) is 0 Å². The summed E-state index contributed by atoms with van der Waals surface area (Å²) in [6, 6.07) is 0.0996. The van der Waals surface area contributed by atoms with E-state index in [1.807, 2.05) is 28.5 Å². The van der Waals surface area contributed by atoms with Crippen molar-refractivity contribution in [2.24, 2.45) is 5.41 Å².